The maximum absolute atomic E-state index is 12.5. The van der Waals surface area contributed by atoms with Crippen molar-refractivity contribution in [1.29, 1.82) is 0 Å². The lowest BCUT2D eigenvalue weighted by molar-refractivity contribution is -0.113. The molecule has 0 aliphatic carbocycles. The van der Waals surface area contributed by atoms with Crippen molar-refractivity contribution in [1.82, 2.24) is 15.2 Å². The first-order valence-electron chi connectivity index (χ1n) is 8.54. The standard InChI is InChI=1S/C19H13ClN4O4S2/c20-14-8-4-7-13(9-14)17-23-24-19(28-17)30(26,27)11-16(25)22-18-21-15(10-29-18)12-5-2-1-3-6-12/h1-10H,11H2,(H,21,22,25). The normalized spacial score (nSPS) is 11.4. The van der Waals surface area contributed by atoms with E-state index in [1.807, 2.05) is 30.3 Å². The summed E-state index contributed by atoms with van der Waals surface area (Å²) >= 11 is 7.11. The van der Waals surface area contributed by atoms with Crippen LogP contribution in [0.3, 0.4) is 0 Å². The molecule has 1 N–H and O–H groups in total. The smallest absolute Gasteiger partial charge is 0.336 e. The van der Waals surface area contributed by atoms with E-state index in [4.69, 9.17) is 16.0 Å². The monoisotopic (exact) mass is 460 g/mol. The molecule has 0 fully saturated rings. The number of benzene rings is 2. The van der Waals surface area contributed by atoms with Gasteiger partial charge in [0.2, 0.25) is 21.6 Å². The third-order valence-electron chi connectivity index (χ3n) is 3.89. The lowest BCUT2D eigenvalue weighted by Crippen LogP contribution is -2.23. The number of hydrogen-bond acceptors (Lipinski definition) is 8. The highest BCUT2D eigenvalue weighted by Gasteiger charge is 2.27. The number of hydrogen-bond donors (Lipinski definition) is 1. The SMILES string of the molecule is O=C(CS(=O)(=O)c1nnc(-c2cccc(Cl)c2)o1)Nc1nc(-c2ccccc2)cs1. The Morgan fingerprint density at radius 1 is 1.07 bits per heavy atom. The van der Waals surface area contributed by atoms with Gasteiger partial charge in [0.25, 0.3) is 0 Å². The summed E-state index contributed by atoms with van der Waals surface area (Å²) in [6, 6.07) is 15.9. The number of carbonyl (C=O) groups excluding carboxylic acids is 1. The quantitative estimate of drug-likeness (QED) is 0.463. The molecular weight excluding hydrogens is 448 g/mol. The second-order valence-electron chi connectivity index (χ2n) is 6.09. The molecular formula is C19H13ClN4O4S2. The Bertz CT molecular complexity index is 1300. The summed E-state index contributed by atoms with van der Waals surface area (Å²) < 4.78 is 30.2. The van der Waals surface area contributed by atoms with Gasteiger partial charge >= 0.3 is 5.22 Å². The number of halogens is 1. The van der Waals surface area contributed by atoms with E-state index in [-0.39, 0.29) is 5.89 Å². The molecule has 0 aliphatic rings. The zero-order chi connectivity index (χ0) is 21.1. The van der Waals surface area contributed by atoms with Crippen molar-refractivity contribution in [2.75, 3.05) is 11.1 Å². The van der Waals surface area contributed by atoms with E-state index < -0.39 is 26.7 Å². The molecule has 30 heavy (non-hydrogen) atoms. The van der Waals surface area contributed by atoms with E-state index >= 15 is 0 Å². The highest BCUT2D eigenvalue weighted by molar-refractivity contribution is 7.91. The number of nitrogens with zero attached hydrogens (tertiary/aromatic N) is 3. The van der Waals surface area contributed by atoms with E-state index in [2.05, 4.69) is 20.5 Å². The molecule has 0 atom stereocenters. The van der Waals surface area contributed by atoms with Crippen molar-refractivity contribution in [2.45, 2.75) is 5.22 Å². The second kappa shape index (κ2) is 8.34. The minimum Gasteiger partial charge on any atom is -0.408 e. The highest BCUT2D eigenvalue weighted by atomic mass is 35.5. The van der Waals surface area contributed by atoms with E-state index in [1.165, 1.54) is 11.3 Å². The van der Waals surface area contributed by atoms with Crippen LogP contribution in [0.15, 0.2) is 69.6 Å². The van der Waals surface area contributed by atoms with Crippen LogP contribution in [0, 0.1) is 0 Å². The predicted octanol–water partition coefficient (Wildman–Crippen LogP) is 3.93. The van der Waals surface area contributed by atoms with Crippen LogP contribution in [0.1, 0.15) is 0 Å². The summed E-state index contributed by atoms with van der Waals surface area (Å²) in [4.78, 5) is 16.5. The van der Waals surface area contributed by atoms with Gasteiger partial charge in [-0.3, -0.25) is 4.79 Å². The van der Waals surface area contributed by atoms with Gasteiger partial charge in [0, 0.05) is 21.5 Å². The third kappa shape index (κ3) is 4.56. The van der Waals surface area contributed by atoms with Gasteiger partial charge in [-0.05, 0) is 18.2 Å². The Morgan fingerprint density at radius 3 is 2.60 bits per heavy atom. The number of sulfone groups is 1. The molecule has 8 nitrogen and oxygen atoms in total. The Labute approximate surface area is 180 Å². The van der Waals surface area contributed by atoms with Crippen LogP contribution < -0.4 is 5.32 Å². The average Bonchev–Trinajstić information content (AvgIpc) is 3.38. The van der Waals surface area contributed by atoms with Gasteiger partial charge in [-0.15, -0.1) is 16.4 Å². The van der Waals surface area contributed by atoms with E-state index in [9.17, 15) is 13.2 Å². The van der Waals surface area contributed by atoms with Crippen LogP contribution in [0.2, 0.25) is 5.02 Å². The maximum atomic E-state index is 12.5. The summed E-state index contributed by atoms with van der Waals surface area (Å²) in [5, 5.41) is 11.6. The molecule has 1 amide bonds. The minimum absolute atomic E-state index is 0.0103. The van der Waals surface area contributed by atoms with E-state index in [0.29, 0.717) is 21.4 Å². The van der Waals surface area contributed by atoms with Gasteiger partial charge in [0.1, 0.15) is 5.75 Å². The van der Waals surface area contributed by atoms with E-state index in [0.717, 1.165) is 5.56 Å². The first kappa shape index (κ1) is 20.2. The predicted molar refractivity (Wildman–Crippen MR) is 113 cm³/mol. The molecule has 0 aliphatic heterocycles. The number of nitrogens with one attached hydrogen (secondary N) is 1. The molecule has 2 aromatic carbocycles. The topological polar surface area (TPSA) is 115 Å². The van der Waals surface area contributed by atoms with Gasteiger partial charge < -0.3 is 9.73 Å². The van der Waals surface area contributed by atoms with Crippen molar-refractivity contribution in [3.05, 3.63) is 65.0 Å². The Kier molecular flexibility index (Phi) is 5.62. The van der Waals surface area contributed by atoms with E-state index in [1.54, 1.807) is 29.6 Å². The summed E-state index contributed by atoms with van der Waals surface area (Å²) in [6.45, 7) is 0. The van der Waals surface area contributed by atoms with Gasteiger partial charge in [-0.25, -0.2) is 13.4 Å². The van der Waals surface area contributed by atoms with Crippen molar-refractivity contribution >= 4 is 43.8 Å². The van der Waals surface area contributed by atoms with Crippen LogP contribution >= 0.6 is 22.9 Å². The number of anilines is 1. The molecule has 4 aromatic rings. The average molecular weight is 461 g/mol. The number of amides is 1. The summed E-state index contributed by atoms with van der Waals surface area (Å²) in [6.07, 6.45) is 0. The fourth-order valence-corrected chi connectivity index (χ4v) is 4.37. The maximum Gasteiger partial charge on any atom is 0.336 e. The number of aromatic nitrogens is 3. The molecule has 0 radical (unpaired) electrons. The molecule has 2 aromatic heterocycles. The first-order chi connectivity index (χ1) is 14.4. The zero-order valence-corrected chi connectivity index (χ0v) is 17.5. The Balaban J connectivity index is 1.45. The van der Waals surface area contributed by atoms with Gasteiger partial charge in [-0.1, -0.05) is 53.1 Å². The van der Waals surface area contributed by atoms with Crippen LogP contribution in [-0.2, 0) is 14.6 Å². The molecule has 152 valence electrons. The minimum atomic E-state index is -4.13. The number of thiazole rings is 1. The van der Waals surface area contributed by atoms with Crippen LogP contribution in [-0.4, -0.2) is 35.3 Å². The first-order valence-corrected chi connectivity index (χ1v) is 11.4. The highest BCUT2D eigenvalue weighted by Crippen LogP contribution is 2.25. The second-order valence-corrected chi connectivity index (χ2v) is 9.26. The van der Waals surface area contributed by atoms with Gasteiger partial charge in [-0.2, -0.15) is 0 Å². The summed E-state index contributed by atoms with van der Waals surface area (Å²) in [5.74, 6) is -1.62. The molecule has 0 unspecified atom stereocenters. The summed E-state index contributed by atoms with van der Waals surface area (Å²) in [5.41, 5.74) is 2.04. The van der Waals surface area contributed by atoms with Gasteiger partial charge in [0.05, 0.1) is 5.69 Å². The van der Waals surface area contributed by atoms with Crippen molar-refractivity contribution in [2.24, 2.45) is 0 Å². The van der Waals surface area contributed by atoms with Crippen molar-refractivity contribution < 1.29 is 17.6 Å². The number of carbonyl (C=O) groups is 1. The molecule has 11 heteroatoms. The lowest BCUT2D eigenvalue weighted by atomic mass is 10.2. The fourth-order valence-electron chi connectivity index (χ4n) is 2.54. The molecule has 0 spiro atoms. The fraction of sp³-hybridized carbons (Fsp3) is 0.0526. The Morgan fingerprint density at radius 2 is 1.83 bits per heavy atom. The van der Waals surface area contributed by atoms with Crippen LogP contribution in [0.5, 0.6) is 0 Å². The van der Waals surface area contributed by atoms with Crippen LogP contribution in [0.25, 0.3) is 22.7 Å². The molecule has 0 bridgehead atoms. The molecule has 4 rings (SSSR count). The molecule has 0 saturated carbocycles. The van der Waals surface area contributed by atoms with Crippen molar-refractivity contribution in [3.63, 3.8) is 0 Å². The lowest BCUT2D eigenvalue weighted by Gasteiger charge is -2.01. The van der Waals surface area contributed by atoms with Gasteiger partial charge in [0.15, 0.2) is 5.13 Å². The van der Waals surface area contributed by atoms with Crippen molar-refractivity contribution in [3.8, 4) is 22.7 Å². The summed E-state index contributed by atoms with van der Waals surface area (Å²) in [7, 11) is -4.13. The van der Waals surface area contributed by atoms with Crippen LogP contribution in [0.4, 0.5) is 5.13 Å². The Hall–Kier alpha value is -3.08. The molecule has 2 heterocycles. The number of rotatable bonds is 6. The largest absolute Gasteiger partial charge is 0.408 e. The molecule has 0 saturated heterocycles. The third-order valence-corrected chi connectivity index (χ3v) is 6.22. The zero-order valence-electron chi connectivity index (χ0n) is 15.1.